The van der Waals surface area contributed by atoms with Gasteiger partial charge in [-0.05, 0) is 30.8 Å². The molecular weight excluding hydrogens is 215 g/mol. The molecule has 0 fully saturated rings. The first-order chi connectivity index (χ1) is 6.33. The normalized spacial score (nSPS) is 22.1. The Hall–Kier alpha value is -0.125. The van der Waals surface area contributed by atoms with Crippen LogP contribution in [0.25, 0.3) is 0 Å². The minimum absolute atomic E-state index is 0.751. The van der Waals surface area contributed by atoms with Crippen LogP contribution in [-0.4, -0.2) is 24.5 Å². The Morgan fingerprint density at radius 1 is 1.36 bits per heavy atom. The van der Waals surface area contributed by atoms with Crippen LogP contribution < -0.4 is 0 Å². The predicted molar refractivity (Wildman–Crippen MR) is 56.2 cm³/mol. The van der Waals surface area contributed by atoms with E-state index in [-0.39, 0.29) is 0 Å². The molecule has 0 N–H and O–H groups in total. The molecular formula is C8H15BF4S. The molecule has 6 heteroatoms. The summed E-state index contributed by atoms with van der Waals surface area (Å²) in [7, 11) is -5.25. The molecule has 1 heterocycles. The van der Waals surface area contributed by atoms with Crippen molar-refractivity contribution in [2.75, 3.05) is 17.3 Å². The molecule has 0 aliphatic carbocycles. The van der Waals surface area contributed by atoms with Gasteiger partial charge in [0.15, 0.2) is 0 Å². The Bertz CT molecular complexity index is 184. The molecule has 0 amide bonds. The van der Waals surface area contributed by atoms with E-state index in [4.69, 9.17) is 0 Å². The summed E-state index contributed by atoms with van der Waals surface area (Å²) in [6, 6.07) is 0. The monoisotopic (exact) mass is 230 g/mol. The van der Waals surface area contributed by atoms with Crippen LogP contribution in [0.4, 0.5) is 17.3 Å². The van der Waals surface area contributed by atoms with Gasteiger partial charge in [-0.2, -0.15) is 0 Å². The molecule has 0 radical (unpaired) electrons. The Balaban J connectivity index is 0.000000292. The van der Waals surface area contributed by atoms with Crippen molar-refractivity contribution < 1.29 is 17.3 Å². The van der Waals surface area contributed by atoms with Gasteiger partial charge in [-0.1, -0.05) is 5.57 Å². The lowest BCUT2D eigenvalue weighted by molar-refractivity contribution is 0.368. The van der Waals surface area contributed by atoms with Crippen LogP contribution in [-0.2, 0) is 10.9 Å². The average Bonchev–Trinajstić information content (AvgIpc) is 2.03. The van der Waals surface area contributed by atoms with Crippen molar-refractivity contribution in [3.05, 3.63) is 11.6 Å². The molecule has 0 aromatic carbocycles. The summed E-state index contributed by atoms with van der Waals surface area (Å²) in [5.74, 6) is 4.21. The summed E-state index contributed by atoms with van der Waals surface area (Å²) in [4.78, 5) is 0. The number of halogens is 4. The molecule has 0 nitrogen and oxygen atoms in total. The third-order valence-corrected chi connectivity index (χ3v) is 4.10. The minimum Gasteiger partial charge on any atom is -0.418 e. The largest absolute Gasteiger partial charge is 0.673 e. The predicted octanol–water partition coefficient (Wildman–Crippen LogP) is 3.27. The fourth-order valence-corrected chi connectivity index (χ4v) is 2.83. The number of rotatable bonds is 1. The molecule has 0 aromatic rings. The molecule has 1 rings (SSSR count). The van der Waals surface area contributed by atoms with E-state index >= 15 is 0 Å². The minimum atomic E-state index is -6.00. The summed E-state index contributed by atoms with van der Waals surface area (Å²) in [5.41, 5.74) is 1.60. The second-order valence-electron chi connectivity index (χ2n) is 3.07. The average molecular weight is 230 g/mol. The first kappa shape index (κ1) is 13.9. The van der Waals surface area contributed by atoms with Crippen molar-refractivity contribution in [1.82, 2.24) is 0 Å². The van der Waals surface area contributed by atoms with Gasteiger partial charge in [0.1, 0.15) is 17.3 Å². The molecule has 0 saturated heterocycles. The fourth-order valence-electron chi connectivity index (χ4n) is 1.01. The number of hydrogen-bond acceptors (Lipinski definition) is 0. The maximum atomic E-state index is 9.75. The van der Waals surface area contributed by atoms with Crippen molar-refractivity contribution in [2.45, 2.75) is 20.3 Å². The van der Waals surface area contributed by atoms with E-state index in [1.165, 1.54) is 23.7 Å². The molecule has 0 aromatic heterocycles. The fraction of sp³-hybridized carbons (Fsp3) is 0.750. The summed E-state index contributed by atoms with van der Waals surface area (Å²) in [6.07, 6.45) is 3.77. The summed E-state index contributed by atoms with van der Waals surface area (Å²) < 4.78 is 39.0. The van der Waals surface area contributed by atoms with E-state index in [2.05, 4.69) is 19.9 Å². The van der Waals surface area contributed by atoms with E-state index in [1.54, 1.807) is 5.57 Å². The Kier molecular flexibility index (Phi) is 6.32. The van der Waals surface area contributed by atoms with Gasteiger partial charge >= 0.3 is 7.25 Å². The SMILES string of the molecule is CC[S+]1CC=C(C)CC1.F[B-](F)(F)F. The zero-order chi connectivity index (χ0) is 11.2. The Morgan fingerprint density at radius 2 is 1.86 bits per heavy atom. The summed E-state index contributed by atoms with van der Waals surface area (Å²) in [5, 5.41) is 0. The first-order valence-corrected chi connectivity index (χ1v) is 6.23. The molecule has 0 saturated carbocycles. The number of allylic oxidation sites excluding steroid dienone is 1. The van der Waals surface area contributed by atoms with Crippen molar-refractivity contribution in [1.29, 1.82) is 0 Å². The standard InChI is InChI=1S/C8H15S.BF4/c1-3-9-6-4-8(2)5-7-9;2-1(3,4)5/h4H,3,5-7H2,1-2H3;/q+1;-1. The summed E-state index contributed by atoms with van der Waals surface area (Å²) >= 11 is 0. The highest BCUT2D eigenvalue weighted by Gasteiger charge is 2.20. The molecule has 1 atom stereocenters. The zero-order valence-corrected chi connectivity index (χ0v) is 9.22. The van der Waals surface area contributed by atoms with E-state index < -0.39 is 7.25 Å². The Labute approximate surface area is 85.2 Å². The van der Waals surface area contributed by atoms with Gasteiger partial charge in [0.25, 0.3) is 0 Å². The van der Waals surface area contributed by atoms with Crippen LogP contribution in [0, 0.1) is 0 Å². The lowest BCUT2D eigenvalue weighted by atomic mass is 10.2. The molecule has 14 heavy (non-hydrogen) atoms. The molecule has 1 aliphatic rings. The van der Waals surface area contributed by atoms with Gasteiger partial charge in [-0.15, -0.1) is 0 Å². The summed E-state index contributed by atoms with van der Waals surface area (Å²) in [6.45, 7) is 4.55. The highest BCUT2D eigenvalue weighted by Crippen LogP contribution is 2.13. The molecule has 1 aliphatic heterocycles. The van der Waals surface area contributed by atoms with E-state index in [0.29, 0.717) is 0 Å². The zero-order valence-electron chi connectivity index (χ0n) is 8.40. The van der Waals surface area contributed by atoms with Crippen LogP contribution in [0.1, 0.15) is 20.3 Å². The van der Waals surface area contributed by atoms with Gasteiger partial charge in [-0.25, -0.2) is 0 Å². The highest BCUT2D eigenvalue weighted by molar-refractivity contribution is 7.97. The van der Waals surface area contributed by atoms with Crippen molar-refractivity contribution in [2.24, 2.45) is 0 Å². The maximum absolute atomic E-state index is 9.75. The second kappa shape index (κ2) is 6.38. The van der Waals surface area contributed by atoms with Crippen molar-refractivity contribution in [3.8, 4) is 0 Å². The molecule has 0 spiro atoms. The van der Waals surface area contributed by atoms with Gasteiger partial charge < -0.3 is 17.3 Å². The van der Waals surface area contributed by atoms with Crippen molar-refractivity contribution in [3.63, 3.8) is 0 Å². The highest BCUT2D eigenvalue weighted by atomic mass is 32.2. The van der Waals surface area contributed by atoms with Crippen LogP contribution >= 0.6 is 0 Å². The van der Waals surface area contributed by atoms with Gasteiger partial charge in [0, 0.05) is 6.42 Å². The van der Waals surface area contributed by atoms with Gasteiger partial charge in [-0.3, -0.25) is 0 Å². The van der Waals surface area contributed by atoms with E-state index in [0.717, 1.165) is 10.9 Å². The van der Waals surface area contributed by atoms with Crippen LogP contribution in [0.3, 0.4) is 0 Å². The lowest BCUT2D eigenvalue weighted by Crippen LogP contribution is -2.17. The quantitative estimate of drug-likeness (QED) is 0.280. The third kappa shape index (κ3) is 9.96. The lowest BCUT2D eigenvalue weighted by Gasteiger charge is -2.10. The topological polar surface area (TPSA) is 0 Å². The third-order valence-electron chi connectivity index (χ3n) is 1.86. The van der Waals surface area contributed by atoms with E-state index in [1.807, 2.05) is 0 Å². The van der Waals surface area contributed by atoms with E-state index in [9.17, 15) is 17.3 Å². The second-order valence-corrected chi connectivity index (χ2v) is 5.61. The van der Waals surface area contributed by atoms with Gasteiger partial charge in [0.2, 0.25) is 0 Å². The van der Waals surface area contributed by atoms with Gasteiger partial charge in [0.05, 0.1) is 0 Å². The van der Waals surface area contributed by atoms with Crippen molar-refractivity contribution >= 4 is 18.1 Å². The maximum Gasteiger partial charge on any atom is 0.673 e. The molecule has 0 bridgehead atoms. The van der Waals surface area contributed by atoms with Crippen LogP contribution in [0.15, 0.2) is 11.6 Å². The first-order valence-electron chi connectivity index (χ1n) is 4.50. The Morgan fingerprint density at radius 3 is 2.14 bits per heavy atom. The smallest absolute Gasteiger partial charge is 0.418 e. The van der Waals surface area contributed by atoms with Crippen LogP contribution in [0.5, 0.6) is 0 Å². The number of hydrogen-bond donors (Lipinski definition) is 0. The van der Waals surface area contributed by atoms with Crippen LogP contribution in [0.2, 0.25) is 0 Å². The molecule has 1 unspecified atom stereocenters. The molecule has 84 valence electrons.